The van der Waals surface area contributed by atoms with E-state index in [1.165, 1.54) is 23.9 Å². The highest BCUT2D eigenvalue weighted by Crippen LogP contribution is 2.32. The number of benzene rings is 1. The van der Waals surface area contributed by atoms with Crippen LogP contribution in [0.25, 0.3) is 0 Å². The molecule has 8 heteroatoms. The smallest absolute Gasteiger partial charge is 0.338 e. The van der Waals surface area contributed by atoms with Gasteiger partial charge in [-0.2, -0.15) is 0 Å². The van der Waals surface area contributed by atoms with Crippen molar-refractivity contribution in [3.05, 3.63) is 48.3 Å². The summed E-state index contributed by atoms with van der Waals surface area (Å²) in [7, 11) is 0. The van der Waals surface area contributed by atoms with Crippen LogP contribution in [0, 0.1) is 0 Å². The van der Waals surface area contributed by atoms with E-state index in [-0.39, 0.29) is 24.8 Å². The number of hydrogen-bond acceptors (Lipinski definition) is 7. The highest BCUT2D eigenvalue weighted by atomic mass is 32.2. The molecule has 2 heterocycles. The standard InChI is InChI=1S/C17H15N3O4S/c1-2-24-16(23)11-4-6-12(7-5-11)20-14(21)10-13(15(20)22)25-17-18-8-3-9-19-17/h3-9,13H,2,10H2,1H3/t13-/m1/s1. The van der Waals surface area contributed by atoms with Gasteiger partial charge in [0.05, 0.1) is 17.9 Å². The number of rotatable bonds is 5. The van der Waals surface area contributed by atoms with Crippen LogP contribution in [0.3, 0.4) is 0 Å². The maximum Gasteiger partial charge on any atom is 0.338 e. The first-order valence-corrected chi connectivity index (χ1v) is 8.55. The van der Waals surface area contributed by atoms with Gasteiger partial charge in [-0.3, -0.25) is 9.59 Å². The number of thioether (sulfide) groups is 1. The largest absolute Gasteiger partial charge is 0.462 e. The molecule has 1 aliphatic rings. The monoisotopic (exact) mass is 357 g/mol. The van der Waals surface area contributed by atoms with Crippen molar-refractivity contribution >= 4 is 35.2 Å². The highest BCUT2D eigenvalue weighted by Gasteiger charge is 2.40. The minimum Gasteiger partial charge on any atom is -0.462 e. The summed E-state index contributed by atoms with van der Waals surface area (Å²) in [5.74, 6) is -1.04. The van der Waals surface area contributed by atoms with E-state index < -0.39 is 11.2 Å². The van der Waals surface area contributed by atoms with Crippen molar-refractivity contribution in [2.24, 2.45) is 0 Å². The molecular formula is C17H15N3O4S. The lowest BCUT2D eigenvalue weighted by Gasteiger charge is -2.15. The van der Waals surface area contributed by atoms with Crippen molar-refractivity contribution in [1.29, 1.82) is 0 Å². The number of anilines is 1. The van der Waals surface area contributed by atoms with Crippen molar-refractivity contribution in [2.75, 3.05) is 11.5 Å². The maximum absolute atomic E-state index is 12.6. The molecule has 0 unspecified atom stereocenters. The topological polar surface area (TPSA) is 89.5 Å². The molecule has 0 spiro atoms. The first-order valence-electron chi connectivity index (χ1n) is 7.68. The summed E-state index contributed by atoms with van der Waals surface area (Å²) >= 11 is 1.17. The number of hydrogen-bond donors (Lipinski definition) is 0. The summed E-state index contributed by atoms with van der Waals surface area (Å²) < 4.78 is 4.92. The lowest BCUT2D eigenvalue weighted by Crippen LogP contribution is -2.31. The van der Waals surface area contributed by atoms with Crippen LogP contribution in [-0.2, 0) is 14.3 Å². The molecule has 2 amide bonds. The van der Waals surface area contributed by atoms with E-state index in [2.05, 4.69) is 9.97 Å². The van der Waals surface area contributed by atoms with E-state index in [0.717, 1.165) is 4.90 Å². The van der Waals surface area contributed by atoms with E-state index in [0.29, 0.717) is 16.4 Å². The van der Waals surface area contributed by atoms with Gasteiger partial charge in [0.25, 0.3) is 0 Å². The summed E-state index contributed by atoms with van der Waals surface area (Å²) in [5.41, 5.74) is 0.799. The fraction of sp³-hybridized carbons (Fsp3) is 0.235. The Morgan fingerprint density at radius 2 is 1.92 bits per heavy atom. The van der Waals surface area contributed by atoms with Gasteiger partial charge in [0.15, 0.2) is 5.16 Å². The third kappa shape index (κ3) is 3.69. The summed E-state index contributed by atoms with van der Waals surface area (Å²) in [6.45, 7) is 2.01. The third-order valence-corrected chi connectivity index (χ3v) is 4.61. The van der Waals surface area contributed by atoms with Crippen LogP contribution < -0.4 is 4.90 Å². The van der Waals surface area contributed by atoms with Crippen LogP contribution in [0.5, 0.6) is 0 Å². The molecule has 128 valence electrons. The van der Waals surface area contributed by atoms with Crippen LogP contribution >= 0.6 is 11.8 Å². The zero-order chi connectivity index (χ0) is 17.8. The maximum atomic E-state index is 12.6. The van der Waals surface area contributed by atoms with Crippen molar-refractivity contribution < 1.29 is 19.1 Å². The molecular weight excluding hydrogens is 342 g/mol. The van der Waals surface area contributed by atoms with Gasteiger partial charge in [-0.05, 0) is 37.3 Å². The number of aromatic nitrogens is 2. The molecule has 1 aliphatic heterocycles. The Balaban J connectivity index is 1.75. The zero-order valence-electron chi connectivity index (χ0n) is 13.4. The third-order valence-electron chi connectivity index (χ3n) is 3.53. The summed E-state index contributed by atoms with van der Waals surface area (Å²) in [4.78, 5) is 45.8. The van der Waals surface area contributed by atoms with Crippen molar-refractivity contribution in [3.63, 3.8) is 0 Å². The van der Waals surface area contributed by atoms with Crippen molar-refractivity contribution in [1.82, 2.24) is 9.97 Å². The Labute approximate surface area is 148 Å². The van der Waals surface area contributed by atoms with Crippen molar-refractivity contribution in [2.45, 2.75) is 23.8 Å². The molecule has 2 aromatic rings. The van der Waals surface area contributed by atoms with E-state index in [9.17, 15) is 14.4 Å². The Morgan fingerprint density at radius 1 is 1.24 bits per heavy atom. The molecule has 1 fully saturated rings. The molecule has 1 atom stereocenters. The number of carbonyl (C=O) groups excluding carboxylic acids is 3. The normalized spacial score (nSPS) is 17.0. The quantitative estimate of drug-likeness (QED) is 0.460. The molecule has 3 rings (SSSR count). The van der Waals surface area contributed by atoms with Gasteiger partial charge in [-0.25, -0.2) is 19.7 Å². The van der Waals surface area contributed by atoms with Crippen LogP contribution in [0.1, 0.15) is 23.7 Å². The van der Waals surface area contributed by atoms with Gasteiger partial charge in [-0.15, -0.1) is 0 Å². The highest BCUT2D eigenvalue weighted by molar-refractivity contribution is 8.00. The van der Waals surface area contributed by atoms with Crippen LogP contribution in [-0.4, -0.2) is 39.6 Å². The fourth-order valence-corrected chi connectivity index (χ4v) is 3.33. The van der Waals surface area contributed by atoms with Crippen molar-refractivity contribution in [3.8, 4) is 0 Å². The lowest BCUT2D eigenvalue weighted by atomic mass is 10.2. The molecule has 0 bridgehead atoms. The Bertz CT molecular complexity index is 795. The minimum absolute atomic E-state index is 0.0847. The molecule has 0 aliphatic carbocycles. The Hall–Kier alpha value is -2.74. The number of imide groups is 1. The predicted molar refractivity (Wildman–Crippen MR) is 91.2 cm³/mol. The zero-order valence-corrected chi connectivity index (χ0v) is 14.2. The number of esters is 1. The van der Waals surface area contributed by atoms with Crippen LogP contribution in [0.2, 0.25) is 0 Å². The molecule has 0 N–H and O–H groups in total. The van der Waals surface area contributed by atoms with E-state index >= 15 is 0 Å². The second-order valence-electron chi connectivity index (χ2n) is 5.18. The molecule has 0 saturated carbocycles. The first kappa shape index (κ1) is 17.1. The fourth-order valence-electron chi connectivity index (χ4n) is 2.40. The number of amides is 2. The number of ether oxygens (including phenoxy) is 1. The minimum atomic E-state index is -0.556. The van der Waals surface area contributed by atoms with E-state index in [1.807, 2.05) is 0 Å². The molecule has 1 aromatic carbocycles. The molecule has 1 aromatic heterocycles. The molecule has 0 radical (unpaired) electrons. The molecule has 25 heavy (non-hydrogen) atoms. The summed E-state index contributed by atoms with van der Waals surface area (Å²) in [6.07, 6.45) is 3.26. The Kier molecular flexibility index (Phi) is 5.08. The molecule has 1 saturated heterocycles. The first-order chi connectivity index (χ1) is 12.1. The summed E-state index contributed by atoms with van der Waals surface area (Å²) in [5, 5.41) is -0.104. The SMILES string of the molecule is CCOC(=O)c1ccc(N2C(=O)C[C@@H](Sc3ncccn3)C2=O)cc1. The second-order valence-corrected chi connectivity index (χ2v) is 6.35. The van der Waals surface area contributed by atoms with Gasteiger partial charge >= 0.3 is 5.97 Å². The average molecular weight is 357 g/mol. The predicted octanol–water partition coefficient (Wildman–Crippen LogP) is 2.08. The van der Waals surface area contributed by atoms with Gasteiger partial charge in [0.2, 0.25) is 11.8 Å². The average Bonchev–Trinajstić information content (AvgIpc) is 2.90. The number of carbonyl (C=O) groups is 3. The number of nitrogens with zero attached hydrogens (tertiary/aromatic N) is 3. The van der Waals surface area contributed by atoms with Gasteiger partial charge in [-0.1, -0.05) is 11.8 Å². The van der Waals surface area contributed by atoms with E-state index in [1.54, 1.807) is 37.5 Å². The van der Waals surface area contributed by atoms with Gasteiger partial charge in [0.1, 0.15) is 5.25 Å². The van der Waals surface area contributed by atoms with Gasteiger partial charge < -0.3 is 4.74 Å². The molecule has 7 nitrogen and oxygen atoms in total. The summed E-state index contributed by atoms with van der Waals surface area (Å²) in [6, 6.07) is 7.88. The second kappa shape index (κ2) is 7.43. The lowest BCUT2D eigenvalue weighted by molar-refractivity contribution is -0.121. The Morgan fingerprint density at radius 3 is 2.56 bits per heavy atom. The van der Waals surface area contributed by atoms with Crippen LogP contribution in [0.15, 0.2) is 47.9 Å². The van der Waals surface area contributed by atoms with Crippen LogP contribution in [0.4, 0.5) is 5.69 Å². The van der Waals surface area contributed by atoms with E-state index in [4.69, 9.17) is 4.74 Å². The van der Waals surface area contributed by atoms with Gasteiger partial charge in [0, 0.05) is 18.8 Å².